The topological polar surface area (TPSA) is 124 Å². The summed E-state index contributed by atoms with van der Waals surface area (Å²) in [5.74, 6) is 0.710. The molecule has 216 valence electrons. The van der Waals surface area contributed by atoms with Crippen molar-refractivity contribution < 1.29 is 36.6 Å². The molecule has 0 fully saturated rings. The van der Waals surface area contributed by atoms with Crippen molar-refractivity contribution in [2.24, 2.45) is 0 Å². The Morgan fingerprint density at radius 3 is 2.39 bits per heavy atom. The lowest BCUT2D eigenvalue weighted by atomic mass is 10.1. The van der Waals surface area contributed by atoms with Crippen LogP contribution in [0.25, 0.3) is 6.08 Å². The summed E-state index contributed by atoms with van der Waals surface area (Å²) in [5, 5.41) is 0.421. The Morgan fingerprint density at radius 2 is 1.73 bits per heavy atom. The molecule has 0 atom stereocenters. The highest BCUT2D eigenvalue weighted by Crippen LogP contribution is 2.33. The average molecular weight is 601 g/mol. The first-order valence-electron chi connectivity index (χ1n) is 12.5. The number of hydrogen-bond acceptors (Lipinski definition) is 8. The number of hydrogen-bond donors (Lipinski definition) is 1. The molecule has 41 heavy (non-hydrogen) atoms. The molecule has 4 rings (SSSR count). The van der Waals surface area contributed by atoms with Crippen LogP contribution in [0, 0.1) is 0 Å². The molecular formula is C29H29ClN2O8S. The van der Waals surface area contributed by atoms with Crippen LogP contribution in [-0.4, -0.2) is 53.1 Å². The highest BCUT2D eigenvalue weighted by atomic mass is 35.5. The number of halogens is 1. The minimum atomic E-state index is -3.80. The van der Waals surface area contributed by atoms with Gasteiger partial charge >= 0.3 is 5.97 Å². The maximum atomic E-state index is 13.5. The van der Waals surface area contributed by atoms with Gasteiger partial charge in [-0.05, 0) is 73.5 Å². The molecule has 2 aromatic carbocycles. The molecule has 0 aliphatic carbocycles. The number of carbonyl (C=O) groups excluding carboxylic acids is 2. The number of methoxy groups -OCH3 is 3. The van der Waals surface area contributed by atoms with Crippen molar-refractivity contribution in [2.75, 3.05) is 27.9 Å². The molecule has 0 saturated carbocycles. The number of furan rings is 1. The Morgan fingerprint density at radius 1 is 1.02 bits per heavy atom. The molecule has 0 unspecified atom stereocenters. The van der Waals surface area contributed by atoms with Crippen LogP contribution in [0.4, 0.5) is 0 Å². The number of amides is 1. The normalized spacial score (nSPS) is 14.6. The molecule has 1 aliphatic rings. The van der Waals surface area contributed by atoms with Gasteiger partial charge in [0.05, 0.1) is 43.9 Å². The first-order valence-corrected chi connectivity index (χ1v) is 14.3. The van der Waals surface area contributed by atoms with Gasteiger partial charge < -0.3 is 23.5 Å². The number of nitrogens with zero attached hydrogens (tertiary/aromatic N) is 1. The Labute approximate surface area is 243 Å². The van der Waals surface area contributed by atoms with Crippen molar-refractivity contribution in [3.8, 4) is 11.5 Å². The summed E-state index contributed by atoms with van der Waals surface area (Å²) in [6.07, 6.45) is 1.94. The fourth-order valence-corrected chi connectivity index (χ4v) is 5.47. The fourth-order valence-electron chi connectivity index (χ4n) is 4.35. The van der Waals surface area contributed by atoms with E-state index >= 15 is 0 Å². The quantitative estimate of drug-likeness (QED) is 0.255. The summed E-state index contributed by atoms with van der Waals surface area (Å²) in [5.41, 5.74) is 1.61. The highest BCUT2D eigenvalue weighted by Gasteiger charge is 2.37. The van der Waals surface area contributed by atoms with Crippen molar-refractivity contribution in [1.29, 1.82) is 0 Å². The smallest absolute Gasteiger partial charge is 0.340 e. The lowest BCUT2D eigenvalue weighted by Crippen LogP contribution is -2.27. The van der Waals surface area contributed by atoms with E-state index in [1.165, 1.54) is 42.4 Å². The molecule has 12 heteroatoms. The molecular weight excluding hydrogens is 572 g/mol. The number of esters is 1. The van der Waals surface area contributed by atoms with Crippen LogP contribution >= 0.6 is 11.6 Å². The van der Waals surface area contributed by atoms with Gasteiger partial charge in [0.1, 0.15) is 11.5 Å². The molecule has 1 N–H and O–H groups in total. The highest BCUT2D eigenvalue weighted by molar-refractivity contribution is 7.89. The largest absolute Gasteiger partial charge is 0.493 e. The molecule has 10 nitrogen and oxygen atoms in total. The summed E-state index contributed by atoms with van der Waals surface area (Å²) in [6, 6.07) is 14.4. The monoisotopic (exact) mass is 600 g/mol. The number of benzene rings is 2. The van der Waals surface area contributed by atoms with E-state index in [0.29, 0.717) is 40.9 Å². The van der Waals surface area contributed by atoms with Crippen LogP contribution in [0.5, 0.6) is 11.5 Å². The molecule has 1 aliphatic heterocycles. The zero-order valence-electron chi connectivity index (χ0n) is 22.9. The van der Waals surface area contributed by atoms with Crippen LogP contribution in [-0.2, 0) is 37.3 Å². The zero-order valence-corrected chi connectivity index (χ0v) is 24.5. The molecule has 3 aromatic rings. The van der Waals surface area contributed by atoms with Gasteiger partial charge in [0.2, 0.25) is 10.0 Å². The molecule has 0 spiro atoms. The van der Waals surface area contributed by atoms with Crippen LogP contribution in [0.2, 0.25) is 5.02 Å². The zero-order chi connectivity index (χ0) is 29.7. The summed E-state index contributed by atoms with van der Waals surface area (Å²) in [6.45, 7) is 1.85. The predicted octanol–water partition coefficient (Wildman–Crippen LogP) is 4.34. The van der Waals surface area contributed by atoms with Crippen molar-refractivity contribution in [3.05, 3.63) is 93.5 Å². The van der Waals surface area contributed by atoms with Gasteiger partial charge in [-0.2, -0.15) is 0 Å². The summed E-state index contributed by atoms with van der Waals surface area (Å²) >= 11 is 5.84. The summed E-state index contributed by atoms with van der Waals surface area (Å²) < 4.78 is 49.0. The molecule has 0 bridgehead atoms. The maximum absolute atomic E-state index is 13.5. The minimum absolute atomic E-state index is 0.0591. The van der Waals surface area contributed by atoms with Crippen LogP contribution in [0.1, 0.15) is 24.0 Å². The van der Waals surface area contributed by atoms with Gasteiger partial charge in [-0.3, -0.25) is 4.79 Å². The number of allylic oxidation sites excluding steroid dienone is 1. The van der Waals surface area contributed by atoms with Crippen molar-refractivity contribution in [3.63, 3.8) is 0 Å². The first-order chi connectivity index (χ1) is 19.6. The van der Waals surface area contributed by atoms with Gasteiger partial charge in [0.25, 0.3) is 5.91 Å². The van der Waals surface area contributed by atoms with E-state index in [-0.39, 0.29) is 34.3 Å². The Kier molecular flexibility index (Phi) is 9.21. The fraction of sp³-hybridized carbons (Fsp3) is 0.241. The van der Waals surface area contributed by atoms with E-state index in [1.807, 2.05) is 12.1 Å². The van der Waals surface area contributed by atoms with Crippen LogP contribution in [0.3, 0.4) is 0 Å². The Balaban J connectivity index is 1.52. The summed E-state index contributed by atoms with van der Waals surface area (Å²) in [4.78, 5) is 27.7. The van der Waals surface area contributed by atoms with Gasteiger partial charge in [-0.15, -0.1) is 0 Å². The average Bonchev–Trinajstić information content (AvgIpc) is 3.51. The summed E-state index contributed by atoms with van der Waals surface area (Å²) in [7, 11) is 0.546. The van der Waals surface area contributed by atoms with E-state index in [1.54, 1.807) is 39.3 Å². The number of sulfonamides is 1. The number of nitrogens with one attached hydrogen (secondary N) is 1. The lowest BCUT2D eigenvalue weighted by molar-refractivity contribution is -0.136. The lowest BCUT2D eigenvalue weighted by Gasteiger charge is -2.18. The van der Waals surface area contributed by atoms with Crippen molar-refractivity contribution >= 4 is 39.6 Å². The van der Waals surface area contributed by atoms with Gasteiger partial charge in [-0.25, -0.2) is 17.9 Å². The second-order valence-electron chi connectivity index (χ2n) is 8.99. The first kappa shape index (κ1) is 29.9. The van der Waals surface area contributed by atoms with Gasteiger partial charge in [-0.1, -0.05) is 17.7 Å². The van der Waals surface area contributed by atoms with E-state index in [0.717, 1.165) is 5.56 Å². The molecule has 1 amide bonds. The third kappa shape index (κ3) is 6.64. The van der Waals surface area contributed by atoms with Crippen molar-refractivity contribution in [2.45, 2.75) is 24.8 Å². The third-order valence-electron chi connectivity index (χ3n) is 6.50. The molecule has 0 saturated heterocycles. The second kappa shape index (κ2) is 12.6. The number of carbonyl (C=O) groups is 2. The van der Waals surface area contributed by atoms with Crippen LogP contribution in [0.15, 0.2) is 80.8 Å². The second-order valence-corrected chi connectivity index (χ2v) is 11.2. The van der Waals surface area contributed by atoms with E-state index in [4.69, 9.17) is 30.2 Å². The number of rotatable bonds is 11. The maximum Gasteiger partial charge on any atom is 0.340 e. The third-order valence-corrected chi connectivity index (χ3v) is 8.17. The SMILES string of the molecule is COC(=O)C1=C(C)N(CCc2ccc(OC)c(OC)c2)C(=O)/C1=C\c1ccc(CNS(=O)(=O)c2ccc(Cl)cc2)o1. The van der Waals surface area contributed by atoms with Gasteiger partial charge in [0, 0.05) is 17.3 Å². The molecule has 1 aromatic heterocycles. The minimum Gasteiger partial charge on any atom is -0.493 e. The Hall–Kier alpha value is -4.06. The van der Waals surface area contributed by atoms with E-state index in [9.17, 15) is 18.0 Å². The van der Waals surface area contributed by atoms with E-state index < -0.39 is 16.0 Å². The van der Waals surface area contributed by atoms with Gasteiger partial charge in [0.15, 0.2) is 11.5 Å². The molecule has 0 radical (unpaired) electrons. The standard InChI is InChI=1S/C29H29ClN2O8S/c1-18-27(29(34)39-4)24(28(33)32(18)14-13-19-5-12-25(37-2)26(15-19)38-3)16-21-8-9-22(40-21)17-31-41(35,36)23-10-6-20(30)7-11-23/h5-12,15-16,31H,13-14,17H2,1-4H3/b24-16-. The Bertz CT molecular complexity index is 1620. The predicted molar refractivity (Wildman–Crippen MR) is 152 cm³/mol. The van der Waals surface area contributed by atoms with E-state index in [2.05, 4.69) is 4.72 Å². The molecule has 2 heterocycles. The van der Waals surface area contributed by atoms with Crippen LogP contribution < -0.4 is 14.2 Å². The number of ether oxygens (including phenoxy) is 3. The van der Waals surface area contributed by atoms with Crippen molar-refractivity contribution in [1.82, 2.24) is 9.62 Å².